The molecule has 0 aromatic carbocycles. The third-order valence-corrected chi connectivity index (χ3v) is 2.44. The fourth-order valence-corrected chi connectivity index (χ4v) is 1.47. The first-order chi connectivity index (χ1) is 8.66. The minimum Gasteiger partial charge on any atom is -0.476 e. The molecule has 92 valence electrons. The largest absolute Gasteiger partial charge is 0.476 e. The van der Waals surface area contributed by atoms with E-state index in [2.05, 4.69) is 20.3 Å². The third kappa shape index (κ3) is 2.79. The Hall–Kier alpha value is -2.50. The van der Waals surface area contributed by atoms with Gasteiger partial charge >= 0.3 is 5.97 Å². The zero-order valence-electron chi connectivity index (χ0n) is 9.74. The minimum absolute atomic E-state index is 0.0398. The van der Waals surface area contributed by atoms with E-state index in [0.29, 0.717) is 5.82 Å². The molecule has 0 bridgehead atoms. The van der Waals surface area contributed by atoms with Crippen LogP contribution in [0.3, 0.4) is 0 Å². The van der Waals surface area contributed by atoms with Crippen LogP contribution in [-0.4, -0.2) is 26.0 Å². The molecule has 0 aliphatic rings. The van der Waals surface area contributed by atoms with E-state index in [1.54, 1.807) is 12.4 Å². The van der Waals surface area contributed by atoms with Gasteiger partial charge in [-0.2, -0.15) is 0 Å². The van der Waals surface area contributed by atoms with Crippen LogP contribution >= 0.6 is 0 Å². The van der Waals surface area contributed by atoms with Gasteiger partial charge in [0, 0.05) is 12.4 Å². The molecule has 6 nitrogen and oxygen atoms in total. The molecule has 0 amide bonds. The third-order valence-electron chi connectivity index (χ3n) is 2.44. The number of hydrogen-bond acceptors (Lipinski definition) is 5. The fraction of sp³-hybridized carbons (Fsp3) is 0.167. The molecule has 2 rings (SSSR count). The summed E-state index contributed by atoms with van der Waals surface area (Å²) >= 11 is 0. The monoisotopic (exact) mass is 244 g/mol. The summed E-state index contributed by atoms with van der Waals surface area (Å²) < 4.78 is 0. The number of aromatic carboxylic acids is 1. The first kappa shape index (κ1) is 12.0. The Morgan fingerprint density at radius 3 is 2.56 bits per heavy atom. The average Bonchev–Trinajstić information content (AvgIpc) is 2.40. The highest BCUT2D eigenvalue weighted by Crippen LogP contribution is 2.15. The number of carboxylic acids is 1. The fourth-order valence-electron chi connectivity index (χ4n) is 1.47. The lowest BCUT2D eigenvalue weighted by Crippen LogP contribution is -2.09. The number of anilines is 1. The maximum atomic E-state index is 10.6. The minimum atomic E-state index is -1.09. The summed E-state index contributed by atoms with van der Waals surface area (Å²) in [5.74, 6) is -0.555. The van der Waals surface area contributed by atoms with Crippen molar-refractivity contribution in [2.45, 2.75) is 13.0 Å². The highest BCUT2D eigenvalue weighted by Gasteiger charge is 2.08. The molecule has 0 fully saturated rings. The molecule has 0 radical (unpaired) electrons. The highest BCUT2D eigenvalue weighted by molar-refractivity contribution is 5.84. The van der Waals surface area contributed by atoms with Crippen LogP contribution in [-0.2, 0) is 0 Å². The summed E-state index contributed by atoms with van der Waals surface area (Å²) in [4.78, 5) is 22.4. The summed E-state index contributed by atoms with van der Waals surface area (Å²) in [6.07, 6.45) is 6.06. The summed E-state index contributed by atoms with van der Waals surface area (Å²) in [6, 6.07) is 3.84. The number of rotatable bonds is 4. The maximum absolute atomic E-state index is 10.6. The van der Waals surface area contributed by atoms with Crippen molar-refractivity contribution in [1.29, 1.82) is 0 Å². The van der Waals surface area contributed by atoms with Gasteiger partial charge in [-0.1, -0.05) is 0 Å². The van der Waals surface area contributed by atoms with E-state index in [1.807, 2.05) is 19.1 Å². The molecule has 0 spiro atoms. The molecule has 18 heavy (non-hydrogen) atoms. The van der Waals surface area contributed by atoms with Gasteiger partial charge in [-0.05, 0) is 24.6 Å². The number of carboxylic acid groups (broad SMARTS) is 1. The number of aromatic nitrogens is 3. The van der Waals surface area contributed by atoms with Crippen molar-refractivity contribution in [3.63, 3.8) is 0 Å². The lowest BCUT2D eigenvalue weighted by Gasteiger charge is -2.14. The Morgan fingerprint density at radius 1 is 1.28 bits per heavy atom. The van der Waals surface area contributed by atoms with Crippen LogP contribution in [0, 0.1) is 0 Å². The topological polar surface area (TPSA) is 88.0 Å². The number of nitrogens with one attached hydrogen (secondary N) is 1. The van der Waals surface area contributed by atoms with Crippen LogP contribution in [0.15, 0.2) is 36.9 Å². The van der Waals surface area contributed by atoms with Gasteiger partial charge in [0.25, 0.3) is 0 Å². The second-order valence-corrected chi connectivity index (χ2v) is 3.74. The van der Waals surface area contributed by atoms with E-state index in [-0.39, 0.29) is 11.7 Å². The van der Waals surface area contributed by atoms with Crippen LogP contribution < -0.4 is 5.32 Å². The summed E-state index contributed by atoms with van der Waals surface area (Å²) in [7, 11) is 0. The normalized spacial score (nSPS) is 11.8. The molecule has 6 heteroatoms. The molecule has 1 atom stereocenters. The molecular formula is C12H12N4O2. The first-order valence-electron chi connectivity index (χ1n) is 5.38. The molecule has 2 aromatic rings. The Labute approximate surface area is 104 Å². The van der Waals surface area contributed by atoms with Crippen molar-refractivity contribution < 1.29 is 9.90 Å². The van der Waals surface area contributed by atoms with Gasteiger partial charge in [0.05, 0.1) is 18.4 Å². The molecule has 0 saturated carbocycles. The molecule has 0 aliphatic carbocycles. The lowest BCUT2D eigenvalue weighted by atomic mass is 10.1. The second kappa shape index (κ2) is 5.22. The molecular weight excluding hydrogens is 232 g/mol. The van der Waals surface area contributed by atoms with Crippen molar-refractivity contribution in [3.8, 4) is 0 Å². The van der Waals surface area contributed by atoms with Crippen LogP contribution in [0.1, 0.15) is 29.0 Å². The van der Waals surface area contributed by atoms with Crippen molar-refractivity contribution in [2.24, 2.45) is 0 Å². The van der Waals surface area contributed by atoms with E-state index >= 15 is 0 Å². The number of hydrogen-bond donors (Lipinski definition) is 2. The highest BCUT2D eigenvalue weighted by atomic mass is 16.4. The number of carbonyl (C=O) groups is 1. The van der Waals surface area contributed by atoms with Crippen molar-refractivity contribution >= 4 is 11.8 Å². The van der Waals surface area contributed by atoms with Gasteiger partial charge in [0.2, 0.25) is 0 Å². The predicted molar refractivity (Wildman–Crippen MR) is 65.3 cm³/mol. The van der Waals surface area contributed by atoms with Crippen molar-refractivity contribution in [3.05, 3.63) is 48.2 Å². The van der Waals surface area contributed by atoms with Crippen molar-refractivity contribution in [2.75, 3.05) is 5.32 Å². The predicted octanol–water partition coefficient (Wildman–Crippen LogP) is 1.74. The van der Waals surface area contributed by atoms with Gasteiger partial charge in [0.1, 0.15) is 5.82 Å². The zero-order valence-corrected chi connectivity index (χ0v) is 9.74. The molecule has 2 N–H and O–H groups in total. The summed E-state index contributed by atoms with van der Waals surface area (Å²) in [6.45, 7) is 1.97. The van der Waals surface area contributed by atoms with Crippen LogP contribution in [0.4, 0.5) is 5.82 Å². The molecule has 2 aromatic heterocycles. The number of pyridine rings is 1. The summed E-state index contributed by atoms with van der Waals surface area (Å²) in [5, 5.41) is 11.8. The van der Waals surface area contributed by atoms with Crippen LogP contribution in [0.2, 0.25) is 0 Å². The quantitative estimate of drug-likeness (QED) is 0.851. The smallest absolute Gasteiger partial charge is 0.356 e. The second-order valence-electron chi connectivity index (χ2n) is 3.74. The van der Waals surface area contributed by atoms with Gasteiger partial charge in [-0.15, -0.1) is 0 Å². The Morgan fingerprint density at radius 2 is 2.00 bits per heavy atom. The average molecular weight is 244 g/mol. The molecule has 2 heterocycles. The van der Waals surface area contributed by atoms with Gasteiger partial charge in [0.15, 0.2) is 5.69 Å². The number of nitrogens with zero attached hydrogens (tertiary/aromatic N) is 3. The SMILES string of the molecule is CC(Nc1cnc(C(=O)O)cn1)c1ccncc1. The van der Waals surface area contributed by atoms with Gasteiger partial charge < -0.3 is 10.4 Å². The van der Waals surface area contributed by atoms with E-state index in [1.165, 1.54) is 12.4 Å². The van der Waals surface area contributed by atoms with Gasteiger partial charge in [-0.3, -0.25) is 4.98 Å². The molecule has 1 unspecified atom stereocenters. The Kier molecular flexibility index (Phi) is 3.47. The maximum Gasteiger partial charge on any atom is 0.356 e. The van der Waals surface area contributed by atoms with Crippen LogP contribution in [0.25, 0.3) is 0 Å². The van der Waals surface area contributed by atoms with E-state index in [0.717, 1.165) is 5.56 Å². The molecule has 0 aliphatic heterocycles. The molecule has 0 saturated heterocycles. The first-order valence-corrected chi connectivity index (χ1v) is 5.38. The van der Waals surface area contributed by atoms with Gasteiger partial charge in [-0.25, -0.2) is 14.8 Å². The van der Waals surface area contributed by atoms with E-state index < -0.39 is 5.97 Å². The van der Waals surface area contributed by atoms with E-state index in [9.17, 15) is 4.79 Å². The Bertz CT molecular complexity index is 528. The van der Waals surface area contributed by atoms with E-state index in [4.69, 9.17) is 5.11 Å². The Balaban J connectivity index is 2.08. The zero-order chi connectivity index (χ0) is 13.0. The summed E-state index contributed by atoms with van der Waals surface area (Å²) in [5.41, 5.74) is 0.992. The van der Waals surface area contributed by atoms with Crippen LogP contribution in [0.5, 0.6) is 0 Å². The van der Waals surface area contributed by atoms with Crippen molar-refractivity contribution in [1.82, 2.24) is 15.0 Å². The lowest BCUT2D eigenvalue weighted by molar-refractivity contribution is 0.0690. The standard InChI is InChI=1S/C12H12N4O2/c1-8(9-2-4-13-5-3-9)16-11-7-14-10(6-15-11)12(17)18/h2-8H,1H3,(H,15,16)(H,17,18).